The summed E-state index contributed by atoms with van der Waals surface area (Å²) in [5.41, 5.74) is 8.33. The van der Waals surface area contributed by atoms with Gasteiger partial charge in [0.1, 0.15) is 0 Å². The minimum Gasteiger partial charge on any atom is -0.372 e. The van der Waals surface area contributed by atoms with Gasteiger partial charge in [0.05, 0.1) is 0 Å². The number of carbonyl (C=O) groups excluding carboxylic acids is 2. The van der Waals surface area contributed by atoms with Crippen molar-refractivity contribution in [1.29, 1.82) is 0 Å². The Morgan fingerprint density at radius 2 is 1.11 bits per heavy atom. The van der Waals surface area contributed by atoms with Gasteiger partial charge in [-0.05, 0) is 0 Å². The van der Waals surface area contributed by atoms with Crippen LogP contribution in [0.25, 0.3) is 0 Å². The van der Waals surface area contributed by atoms with Crippen LogP contribution in [-0.2, 0) is 9.59 Å². The number of hydrogen-bond donors (Lipinski definition) is 2. The van der Waals surface area contributed by atoms with Gasteiger partial charge in [0.15, 0.2) is 0 Å². The number of carbonyl (C=O) groups is 2. The van der Waals surface area contributed by atoms with E-state index in [0.717, 1.165) is 0 Å². The van der Waals surface area contributed by atoms with E-state index >= 15 is 0 Å². The Balaban J connectivity index is -0.0000000600. The fraction of sp³-hybridized carbons (Fsp3) is 0.500. The third-order valence-corrected chi connectivity index (χ3v) is 0. The van der Waals surface area contributed by atoms with Gasteiger partial charge in [-0.3, -0.25) is 9.59 Å². The van der Waals surface area contributed by atoms with E-state index in [4.69, 9.17) is 9.59 Å². The number of hydrogen-bond acceptors (Lipinski definition) is 2. The lowest BCUT2D eigenvalue weighted by Crippen LogP contribution is -1.82. The first kappa shape index (κ1) is 15.7. The molecular formula is C4H14N2O2Si. The molecule has 0 atom stereocenters. The Morgan fingerprint density at radius 1 is 1.11 bits per heavy atom. The van der Waals surface area contributed by atoms with Crippen LogP contribution >= 0.6 is 0 Å². The van der Waals surface area contributed by atoms with E-state index in [2.05, 4.69) is 24.6 Å². The highest BCUT2D eigenvalue weighted by Gasteiger charge is 1.38. The molecule has 0 unspecified atom stereocenters. The van der Waals surface area contributed by atoms with E-state index in [1.54, 1.807) is 0 Å². The van der Waals surface area contributed by atoms with Crippen molar-refractivity contribution in [3.05, 3.63) is 0 Å². The molecule has 0 aliphatic rings. The van der Waals surface area contributed by atoms with Crippen LogP contribution in [0.4, 0.5) is 0 Å². The zero-order valence-electron chi connectivity index (χ0n) is 5.83. The molecule has 0 aromatic carbocycles. The molecule has 0 aliphatic heterocycles. The first-order valence-corrected chi connectivity index (χ1v) is 5.38. The Kier molecular flexibility index (Phi) is 102. The predicted octanol–water partition coefficient (Wildman–Crippen LogP) is -1.55. The van der Waals surface area contributed by atoms with Crippen molar-refractivity contribution in [2.24, 2.45) is 11.5 Å². The molecule has 0 rings (SSSR count). The highest BCUT2D eigenvalue weighted by atomic mass is 28.2. The van der Waals surface area contributed by atoms with Gasteiger partial charge in [0.25, 0.3) is 0 Å². The first-order valence-electron chi connectivity index (χ1n) is 2.55. The van der Waals surface area contributed by atoms with Crippen LogP contribution in [-0.4, -0.2) is 22.3 Å². The van der Waals surface area contributed by atoms with Gasteiger partial charge < -0.3 is 11.5 Å². The van der Waals surface area contributed by atoms with Gasteiger partial charge >= 0.3 is 0 Å². The van der Waals surface area contributed by atoms with Crippen LogP contribution in [0.5, 0.6) is 0 Å². The predicted molar refractivity (Wildman–Crippen MR) is 40.8 cm³/mol. The van der Waals surface area contributed by atoms with Gasteiger partial charge in [-0.15, -0.1) is 0 Å². The molecule has 5 heteroatoms. The molecule has 0 aromatic rings. The number of amides is 2. The summed E-state index contributed by atoms with van der Waals surface area (Å²) in [7, 11) is 0.417. The highest BCUT2D eigenvalue weighted by Crippen LogP contribution is 1.36. The van der Waals surface area contributed by atoms with Gasteiger partial charge in [-0.1, -0.05) is 13.1 Å². The van der Waals surface area contributed by atoms with Gasteiger partial charge in [-0.2, -0.15) is 0 Å². The minimum atomic E-state index is 0.250. The summed E-state index contributed by atoms with van der Waals surface area (Å²) in [6.07, 6.45) is 0.500. The van der Waals surface area contributed by atoms with Crippen molar-refractivity contribution in [3.63, 3.8) is 0 Å². The second kappa shape index (κ2) is 58.3. The summed E-state index contributed by atoms with van der Waals surface area (Å²) in [6.45, 7) is 4.53. The molecule has 56 valence electrons. The summed E-state index contributed by atoms with van der Waals surface area (Å²) >= 11 is 0. The maximum atomic E-state index is 8.58. The molecule has 0 aliphatic carbocycles. The fourth-order valence-electron chi connectivity index (χ4n) is 0. The van der Waals surface area contributed by atoms with E-state index in [1.165, 1.54) is 0 Å². The molecule has 0 radical (unpaired) electrons. The molecule has 0 saturated heterocycles. The molecule has 9 heavy (non-hydrogen) atoms. The molecule has 4 nitrogen and oxygen atoms in total. The maximum Gasteiger partial charge on any atom is 0.204 e. The Morgan fingerprint density at radius 3 is 1.11 bits per heavy atom. The standard InChI is InChI=1S/C2H8Si.2CH3NO/c1-3-2;2*2-1-3/h3H2,1-2H3;2*1H,(H2,2,3). The van der Waals surface area contributed by atoms with Crippen molar-refractivity contribution >= 4 is 22.3 Å². The average molecular weight is 150 g/mol. The summed E-state index contributed by atoms with van der Waals surface area (Å²) < 4.78 is 0. The Labute approximate surface area is 57.4 Å². The van der Waals surface area contributed by atoms with Gasteiger partial charge in [0.2, 0.25) is 12.8 Å². The lowest BCUT2D eigenvalue weighted by atomic mass is 11.5. The van der Waals surface area contributed by atoms with Crippen LogP contribution in [0.15, 0.2) is 0 Å². The molecule has 0 heterocycles. The molecular weight excluding hydrogens is 136 g/mol. The average Bonchev–Trinajstić information content (AvgIpc) is 1.70. The molecule has 0 saturated carbocycles. The van der Waals surface area contributed by atoms with Crippen LogP contribution in [0, 0.1) is 0 Å². The van der Waals surface area contributed by atoms with Crippen LogP contribution in [0.1, 0.15) is 0 Å². The highest BCUT2D eigenvalue weighted by molar-refractivity contribution is 6.31. The van der Waals surface area contributed by atoms with Crippen molar-refractivity contribution in [2.75, 3.05) is 0 Å². The van der Waals surface area contributed by atoms with E-state index < -0.39 is 0 Å². The molecule has 0 fully saturated rings. The van der Waals surface area contributed by atoms with Crippen molar-refractivity contribution in [1.82, 2.24) is 0 Å². The van der Waals surface area contributed by atoms with Crippen LogP contribution in [0.2, 0.25) is 13.1 Å². The quantitative estimate of drug-likeness (QED) is 0.324. The Bertz CT molecular complexity index is 45.8. The molecule has 0 bridgehead atoms. The van der Waals surface area contributed by atoms with E-state index in [1.807, 2.05) is 0 Å². The summed E-state index contributed by atoms with van der Waals surface area (Å²) in [4.78, 5) is 17.2. The topological polar surface area (TPSA) is 86.2 Å². The lowest BCUT2D eigenvalue weighted by molar-refractivity contribution is -0.107. The number of primary amides is 2. The van der Waals surface area contributed by atoms with Crippen molar-refractivity contribution in [3.8, 4) is 0 Å². The van der Waals surface area contributed by atoms with Gasteiger partial charge in [-0.25, -0.2) is 0 Å². The lowest BCUT2D eigenvalue weighted by Gasteiger charge is -1.45. The van der Waals surface area contributed by atoms with Gasteiger partial charge in [0, 0.05) is 9.52 Å². The first-order chi connectivity index (χ1) is 4.24. The zero-order chi connectivity index (χ0) is 8.12. The SMILES string of the molecule is C[SiH2]C.NC=O.NC=O. The molecule has 2 amide bonds. The number of rotatable bonds is 0. The molecule has 0 spiro atoms. The third kappa shape index (κ3) is 268. The minimum absolute atomic E-state index is 0.250. The van der Waals surface area contributed by atoms with Crippen LogP contribution in [0.3, 0.4) is 0 Å². The monoisotopic (exact) mass is 150 g/mol. The second-order valence-corrected chi connectivity index (χ2v) is 2.39. The summed E-state index contributed by atoms with van der Waals surface area (Å²) in [6, 6.07) is 0. The molecule has 0 aromatic heterocycles. The van der Waals surface area contributed by atoms with Crippen molar-refractivity contribution in [2.45, 2.75) is 13.1 Å². The maximum absolute atomic E-state index is 8.58. The largest absolute Gasteiger partial charge is 0.372 e. The normalized spacial score (nSPS) is 4.67. The van der Waals surface area contributed by atoms with E-state index in [-0.39, 0.29) is 12.8 Å². The number of nitrogens with two attached hydrogens (primary N) is 2. The fourth-order valence-corrected chi connectivity index (χ4v) is 0. The molecule has 4 N–H and O–H groups in total. The summed E-state index contributed by atoms with van der Waals surface area (Å²) in [5.74, 6) is 0. The zero-order valence-corrected chi connectivity index (χ0v) is 7.25. The van der Waals surface area contributed by atoms with E-state index in [9.17, 15) is 0 Å². The van der Waals surface area contributed by atoms with Crippen LogP contribution < -0.4 is 11.5 Å². The second-order valence-electron chi connectivity index (χ2n) is 0.979. The summed E-state index contributed by atoms with van der Waals surface area (Å²) in [5, 5.41) is 0. The smallest absolute Gasteiger partial charge is 0.204 e. The van der Waals surface area contributed by atoms with Crippen molar-refractivity contribution < 1.29 is 9.59 Å². The Hall–Kier alpha value is -0.843. The van der Waals surface area contributed by atoms with E-state index in [0.29, 0.717) is 9.52 Å². The third-order valence-electron chi connectivity index (χ3n) is 0.